The molecule has 0 saturated carbocycles. The van der Waals surface area contributed by atoms with Gasteiger partial charge in [-0.05, 0) is 0 Å². The Bertz CT molecular complexity index is 893. The molecule has 0 aromatic heterocycles. The zero-order chi connectivity index (χ0) is 16.6. The smallest absolute Gasteiger partial charge is 0.198 e. The number of nitriles is 4. The second kappa shape index (κ2) is 7.13. The van der Waals surface area contributed by atoms with Crippen molar-refractivity contribution < 1.29 is 17.7 Å². The van der Waals surface area contributed by atoms with Gasteiger partial charge in [-0.1, -0.05) is 19.3 Å². The van der Waals surface area contributed by atoms with Crippen molar-refractivity contribution >= 4 is 11.3 Å². The van der Waals surface area contributed by atoms with Crippen molar-refractivity contribution in [1.82, 2.24) is 0 Å². The van der Waals surface area contributed by atoms with Crippen LogP contribution in [-0.2, 0) is 0 Å². The lowest BCUT2D eigenvalue weighted by molar-refractivity contribution is 0.392. The number of hydrogen-bond acceptors (Lipinski definition) is 5. The number of rotatable bonds is 0. The number of benzene rings is 1. The molecule has 0 radical (unpaired) electrons. The molecule has 0 spiro atoms. The lowest BCUT2D eigenvalue weighted by Crippen LogP contribution is -2.34. The maximum Gasteiger partial charge on any atom is 0.198 e. The first kappa shape index (κ1) is 20.4. The first-order valence-electron chi connectivity index (χ1n) is 5.44. The fourth-order valence-electron chi connectivity index (χ4n) is 2.06. The zero-order valence-corrected chi connectivity index (χ0v) is 10.3. The molecule has 1 aromatic carbocycles. The third-order valence-corrected chi connectivity index (χ3v) is 3.00. The predicted molar refractivity (Wildman–Crippen MR) is 75.6 cm³/mol. The van der Waals surface area contributed by atoms with Crippen molar-refractivity contribution in [3.63, 3.8) is 0 Å². The summed E-state index contributed by atoms with van der Waals surface area (Å²) in [6.45, 7) is 0. The molecule has 1 aliphatic heterocycles. The molecule has 0 aliphatic carbocycles. The van der Waals surface area contributed by atoms with Crippen molar-refractivity contribution in [2.75, 3.05) is 5.12 Å². The molecule has 2 rings (SSSR count). The summed E-state index contributed by atoms with van der Waals surface area (Å²) in [4.78, 5) is 0. The fraction of sp³-hybridized carbons (Fsp3) is 0.200. The van der Waals surface area contributed by atoms with Gasteiger partial charge in [0, 0.05) is 5.56 Å². The normalized spacial score (nSPS) is 14.8. The van der Waals surface area contributed by atoms with Gasteiger partial charge in [0.25, 0.3) is 0 Å². The van der Waals surface area contributed by atoms with Gasteiger partial charge in [0.15, 0.2) is 23.5 Å². The SMILES string of the molecule is C.C.N#CC1=C(C#N)C(C#N)N(F)c2c(F)c(F)c(F)c(C#N)c21. The van der Waals surface area contributed by atoms with Gasteiger partial charge >= 0.3 is 0 Å². The number of hydrogen-bond donors (Lipinski definition) is 0. The Labute approximate surface area is 135 Å². The third-order valence-electron chi connectivity index (χ3n) is 3.00. The number of nitrogens with zero attached hydrogens (tertiary/aromatic N) is 5. The summed E-state index contributed by atoms with van der Waals surface area (Å²) in [6.07, 6.45) is 0. The number of anilines is 1. The van der Waals surface area contributed by atoms with Gasteiger partial charge in [0.05, 0.1) is 23.3 Å². The highest BCUT2D eigenvalue weighted by Gasteiger charge is 2.41. The Morgan fingerprint density at radius 2 is 1.42 bits per heavy atom. The first-order valence-corrected chi connectivity index (χ1v) is 5.44. The Morgan fingerprint density at radius 1 is 0.833 bits per heavy atom. The minimum absolute atomic E-state index is 0. The van der Waals surface area contributed by atoms with Crippen LogP contribution in [0.1, 0.15) is 26.0 Å². The lowest BCUT2D eigenvalue weighted by Gasteiger charge is -2.28. The molecule has 5 nitrogen and oxygen atoms in total. The largest absolute Gasteiger partial charge is 0.202 e. The van der Waals surface area contributed by atoms with E-state index in [-0.39, 0.29) is 14.9 Å². The van der Waals surface area contributed by atoms with Gasteiger partial charge in [-0.3, -0.25) is 0 Å². The van der Waals surface area contributed by atoms with Gasteiger partial charge in [-0.15, -0.1) is 0 Å². The molecule has 0 bridgehead atoms. The van der Waals surface area contributed by atoms with Gasteiger partial charge in [-0.2, -0.15) is 26.2 Å². The quantitative estimate of drug-likeness (QED) is 0.409. The van der Waals surface area contributed by atoms with E-state index in [2.05, 4.69) is 0 Å². The maximum absolute atomic E-state index is 14.2. The Balaban J connectivity index is 0.00000264. The summed E-state index contributed by atoms with van der Waals surface area (Å²) in [5.74, 6) is -6.03. The van der Waals surface area contributed by atoms with Crippen molar-refractivity contribution in [3.8, 4) is 24.3 Å². The van der Waals surface area contributed by atoms with Gasteiger partial charge in [-0.25, -0.2) is 13.2 Å². The van der Waals surface area contributed by atoms with E-state index >= 15 is 0 Å². The molecular formula is C15H9F4N5. The van der Waals surface area contributed by atoms with Crippen molar-refractivity contribution in [2.45, 2.75) is 20.9 Å². The van der Waals surface area contributed by atoms with E-state index in [1.165, 1.54) is 24.3 Å². The van der Waals surface area contributed by atoms with Gasteiger partial charge in [0.1, 0.15) is 23.4 Å². The van der Waals surface area contributed by atoms with Crippen LogP contribution in [0.2, 0.25) is 0 Å². The minimum Gasteiger partial charge on any atom is -0.202 e. The zero-order valence-electron chi connectivity index (χ0n) is 10.3. The summed E-state index contributed by atoms with van der Waals surface area (Å²) in [5, 5.41) is 35.1. The highest BCUT2D eigenvalue weighted by atomic mass is 19.2. The molecule has 1 aliphatic rings. The van der Waals surface area contributed by atoms with E-state index in [9.17, 15) is 17.7 Å². The van der Waals surface area contributed by atoms with Crippen LogP contribution in [0.15, 0.2) is 5.57 Å². The second-order valence-corrected chi connectivity index (χ2v) is 4.01. The highest BCUT2D eigenvalue weighted by Crippen LogP contribution is 2.43. The van der Waals surface area contributed by atoms with Crippen molar-refractivity contribution in [1.29, 1.82) is 21.0 Å². The Morgan fingerprint density at radius 3 is 1.83 bits per heavy atom. The standard InChI is InChI=1S/C13HF4N5.2CH4/c14-10-7(3-20)9-6(2-19)5(1-18)8(4-21)22(17)13(9)12(16)11(10)15;;/h8H;2*1H4. The van der Waals surface area contributed by atoms with Crippen molar-refractivity contribution in [2.24, 2.45) is 0 Å². The topological polar surface area (TPSA) is 98.4 Å². The molecule has 0 fully saturated rings. The van der Waals surface area contributed by atoms with Crippen LogP contribution in [0.25, 0.3) is 5.57 Å². The fourth-order valence-corrected chi connectivity index (χ4v) is 2.06. The van der Waals surface area contributed by atoms with E-state index < -0.39 is 56.6 Å². The van der Waals surface area contributed by atoms with Crippen LogP contribution in [-0.4, -0.2) is 6.04 Å². The van der Waals surface area contributed by atoms with Crippen LogP contribution in [0, 0.1) is 62.8 Å². The number of fused-ring (bicyclic) bond motifs is 1. The molecule has 122 valence electrons. The summed E-state index contributed by atoms with van der Waals surface area (Å²) >= 11 is 0. The molecule has 0 amide bonds. The summed E-state index contributed by atoms with van der Waals surface area (Å²) in [6, 6.07) is 3.29. The van der Waals surface area contributed by atoms with Crippen LogP contribution < -0.4 is 5.12 Å². The molecule has 1 heterocycles. The minimum atomic E-state index is -2.12. The van der Waals surface area contributed by atoms with E-state index in [0.29, 0.717) is 0 Å². The van der Waals surface area contributed by atoms with Crippen LogP contribution in [0.5, 0.6) is 0 Å². The molecule has 1 unspecified atom stereocenters. The molecule has 1 atom stereocenters. The molecule has 24 heavy (non-hydrogen) atoms. The number of halogens is 4. The molecule has 9 heteroatoms. The van der Waals surface area contributed by atoms with Gasteiger partial charge < -0.3 is 0 Å². The lowest BCUT2D eigenvalue weighted by atomic mass is 9.88. The van der Waals surface area contributed by atoms with E-state index in [1.54, 1.807) is 0 Å². The second-order valence-electron chi connectivity index (χ2n) is 4.01. The van der Waals surface area contributed by atoms with E-state index in [4.69, 9.17) is 21.0 Å². The highest BCUT2D eigenvalue weighted by molar-refractivity contribution is 5.94. The van der Waals surface area contributed by atoms with Gasteiger partial charge in [0.2, 0.25) is 0 Å². The maximum atomic E-state index is 14.2. The first-order chi connectivity index (χ1) is 10.4. The molecular weight excluding hydrogens is 326 g/mol. The predicted octanol–water partition coefficient (Wildman–Crippen LogP) is 3.65. The van der Waals surface area contributed by atoms with Crippen LogP contribution >= 0.6 is 0 Å². The summed E-state index contributed by atoms with van der Waals surface area (Å²) in [7, 11) is 0. The number of allylic oxidation sites excluding steroid dienone is 1. The third kappa shape index (κ3) is 2.39. The summed E-state index contributed by atoms with van der Waals surface area (Å²) in [5.41, 5.74) is -4.78. The van der Waals surface area contributed by atoms with Crippen LogP contribution in [0.4, 0.5) is 23.3 Å². The average molecular weight is 335 g/mol. The van der Waals surface area contributed by atoms with E-state index in [0.717, 1.165) is 0 Å². The van der Waals surface area contributed by atoms with E-state index in [1.807, 2.05) is 0 Å². The Hall–Kier alpha value is -3.56. The Kier molecular flexibility index (Phi) is 6.08. The van der Waals surface area contributed by atoms with Crippen molar-refractivity contribution in [3.05, 3.63) is 34.2 Å². The monoisotopic (exact) mass is 335 g/mol. The van der Waals surface area contributed by atoms with Crippen LogP contribution in [0.3, 0.4) is 0 Å². The molecule has 0 N–H and O–H groups in total. The average Bonchev–Trinajstić information content (AvgIpc) is 2.52. The summed E-state index contributed by atoms with van der Waals surface area (Å²) < 4.78 is 55.1. The molecule has 1 aromatic rings. The molecule has 0 saturated heterocycles.